The van der Waals surface area contributed by atoms with Gasteiger partial charge in [-0.15, -0.1) is 0 Å². The first-order chi connectivity index (χ1) is 9.04. The average molecular weight is 269 g/mol. The highest BCUT2D eigenvalue weighted by Crippen LogP contribution is 2.33. The van der Waals surface area contributed by atoms with E-state index >= 15 is 0 Å². The standard InChI is InChI=1S/C13H19NO5/c1-14-4-3-10(16)12(17)8-5-9(7-15)13(18)11(6-8)19-2/h5-7,10,12,14,16-18H,3-4H2,1-2H3. The second-order valence-corrected chi connectivity index (χ2v) is 4.18. The van der Waals surface area contributed by atoms with Crippen molar-refractivity contribution in [3.63, 3.8) is 0 Å². The van der Waals surface area contributed by atoms with Gasteiger partial charge in [0.25, 0.3) is 0 Å². The highest BCUT2D eigenvalue weighted by Gasteiger charge is 2.21. The van der Waals surface area contributed by atoms with E-state index in [1.54, 1.807) is 7.05 Å². The quantitative estimate of drug-likeness (QED) is 0.528. The molecule has 6 nitrogen and oxygen atoms in total. The van der Waals surface area contributed by atoms with Crippen molar-refractivity contribution in [2.24, 2.45) is 0 Å². The molecule has 4 N–H and O–H groups in total. The van der Waals surface area contributed by atoms with Crippen LogP contribution in [0.25, 0.3) is 0 Å². The van der Waals surface area contributed by atoms with Crippen LogP contribution in [0.4, 0.5) is 0 Å². The molecule has 0 aliphatic heterocycles. The molecule has 2 atom stereocenters. The molecule has 1 aromatic rings. The van der Waals surface area contributed by atoms with Crippen LogP contribution in [0.5, 0.6) is 11.5 Å². The highest BCUT2D eigenvalue weighted by atomic mass is 16.5. The van der Waals surface area contributed by atoms with Crippen LogP contribution < -0.4 is 10.1 Å². The lowest BCUT2D eigenvalue weighted by Crippen LogP contribution is -2.23. The second kappa shape index (κ2) is 7.08. The molecule has 0 amide bonds. The number of hydrogen-bond acceptors (Lipinski definition) is 6. The summed E-state index contributed by atoms with van der Waals surface area (Å²) in [6.07, 6.45) is -1.30. The molecule has 0 radical (unpaired) electrons. The zero-order valence-electron chi connectivity index (χ0n) is 11.0. The summed E-state index contributed by atoms with van der Waals surface area (Å²) < 4.78 is 4.93. The van der Waals surface area contributed by atoms with Crippen LogP contribution >= 0.6 is 0 Å². The minimum absolute atomic E-state index is 0.00853. The molecule has 0 bridgehead atoms. The number of aliphatic hydroxyl groups is 2. The summed E-state index contributed by atoms with van der Waals surface area (Å²) in [6.45, 7) is 0.550. The summed E-state index contributed by atoms with van der Waals surface area (Å²) in [4.78, 5) is 10.8. The number of carbonyl (C=O) groups is 1. The highest BCUT2D eigenvalue weighted by molar-refractivity contribution is 5.81. The van der Waals surface area contributed by atoms with E-state index < -0.39 is 12.2 Å². The zero-order valence-corrected chi connectivity index (χ0v) is 11.0. The minimum atomic E-state index is -1.15. The van der Waals surface area contributed by atoms with Gasteiger partial charge >= 0.3 is 0 Å². The Morgan fingerprint density at radius 3 is 2.63 bits per heavy atom. The maximum Gasteiger partial charge on any atom is 0.168 e. The van der Waals surface area contributed by atoms with Crippen LogP contribution in [0.1, 0.15) is 28.4 Å². The number of nitrogens with one attached hydrogen (secondary N) is 1. The van der Waals surface area contributed by atoms with Crippen molar-refractivity contribution in [3.05, 3.63) is 23.3 Å². The number of aliphatic hydroxyl groups excluding tert-OH is 2. The zero-order chi connectivity index (χ0) is 14.4. The van der Waals surface area contributed by atoms with Gasteiger partial charge in [-0.1, -0.05) is 0 Å². The van der Waals surface area contributed by atoms with Crippen molar-refractivity contribution in [1.82, 2.24) is 5.32 Å². The number of phenols is 1. The fourth-order valence-corrected chi connectivity index (χ4v) is 1.74. The largest absolute Gasteiger partial charge is 0.504 e. The van der Waals surface area contributed by atoms with Gasteiger partial charge in [0.15, 0.2) is 17.8 Å². The van der Waals surface area contributed by atoms with Gasteiger partial charge in [-0.3, -0.25) is 4.79 Å². The van der Waals surface area contributed by atoms with Crippen LogP contribution in [0.15, 0.2) is 12.1 Å². The van der Waals surface area contributed by atoms with Crippen molar-refractivity contribution in [2.75, 3.05) is 20.7 Å². The Balaban J connectivity index is 3.02. The first-order valence-electron chi connectivity index (χ1n) is 5.92. The van der Waals surface area contributed by atoms with Crippen LogP contribution in [-0.4, -0.2) is 48.4 Å². The fraction of sp³-hybridized carbons (Fsp3) is 0.462. The molecule has 0 heterocycles. The van der Waals surface area contributed by atoms with Gasteiger partial charge in [0, 0.05) is 0 Å². The topological polar surface area (TPSA) is 99.0 Å². The molecular formula is C13H19NO5. The van der Waals surface area contributed by atoms with Crippen LogP contribution in [-0.2, 0) is 0 Å². The summed E-state index contributed by atoms with van der Waals surface area (Å²) in [5.41, 5.74) is 0.328. The number of phenolic OH excluding ortho intramolecular Hbond substituents is 1. The van der Waals surface area contributed by atoms with E-state index in [2.05, 4.69) is 5.32 Å². The molecule has 0 spiro atoms. The summed E-state index contributed by atoms with van der Waals surface area (Å²) in [6, 6.07) is 2.73. The summed E-state index contributed by atoms with van der Waals surface area (Å²) in [7, 11) is 3.09. The third-order valence-corrected chi connectivity index (χ3v) is 2.87. The molecule has 0 aromatic heterocycles. The predicted molar refractivity (Wildman–Crippen MR) is 69.6 cm³/mol. The van der Waals surface area contributed by atoms with Gasteiger partial charge in [-0.05, 0) is 37.7 Å². The molecule has 1 rings (SSSR count). The van der Waals surface area contributed by atoms with Gasteiger partial charge in [0.05, 0.1) is 18.8 Å². The first-order valence-corrected chi connectivity index (χ1v) is 5.92. The lowest BCUT2D eigenvalue weighted by Gasteiger charge is -2.19. The van der Waals surface area contributed by atoms with Crippen molar-refractivity contribution in [3.8, 4) is 11.5 Å². The van der Waals surface area contributed by atoms with Gasteiger partial charge in [0.2, 0.25) is 0 Å². The molecule has 19 heavy (non-hydrogen) atoms. The number of aromatic hydroxyl groups is 1. The minimum Gasteiger partial charge on any atom is -0.504 e. The van der Waals surface area contributed by atoms with E-state index in [9.17, 15) is 20.1 Å². The van der Waals surface area contributed by atoms with E-state index in [4.69, 9.17) is 4.74 Å². The van der Waals surface area contributed by atoms with Gasteiger partial charge in [-0.2, -0.15) is 0 Å². The average Bonchev–Trinajstić information content (AvgIpc) is 2.44. The number of ether oxygens (including phenoxy) is 1. The van der Waals surface area contributed by atoms with Crippen LogP contribution in [0, 0.1) is 0 Å². The third kappa shape index (κ3) is 3.66. The van der Waals surface area contributed by atoms with E-state index in [-0.39, 0.29) is 17.1 Å². The van der Waals surface area contributed by atoms with Gasteiger partial charge in [-0.25, -0.2) is 0 Å². The molecule has 0 aliphatic carbocycles. The van der Waals surface area contributed by atoms with Gasteiger partial charge < -0.3 is 25.4 Å². The smallest absolute Gasteiger partial charge is 0.168 e. The summed E-state index contributed by atoms with van der Waals surface area (Å²) >= 11 is 0. The molecule has 0 saturated carbocycles. The Bertz CT molecular complexity index is 435. The molecule has 0 saturated heterocycles. The Hall–Kier alpha value is -1.63. The van der Waals surface area contributed by atoms with Crippen molar-refractivity contribution < 1.29 is 24.9 Å². The van der Waals surface area contributed by atoms with Crippen molar-refractivity contribution in [1.29, 1.82) is 0 Å². The number of carbonyl (C=O) groups excluding carboxylic acids is 1. The lowest BCUT2D eigenvalue weighted by atomic mass is 9.99. The number of rotatable bonds is 7. The number of hydrogen-bond donors (Lipinski definition) is 4. The Kier molecular flexibility index (Phi) is 5.75. The molecule has 0 aliphatic rings. The maximum atomic E-state index is 10.8. The van der Waals surface area contributed by atoms with E-state index in [0.29, 0.717) is 24.8 Å². The second-order valence-electron chi connectivity index (χ2n) is 4.18. The number of aldehydes is 1. The lowest BCUT2D eigenvalue weighted by molar-refractivity contribution is 0.0139. The Morgan fingerprint density at radius 2 is 2.11 bits per heavy atom. The molecule has 6 heteroatoms. The fourth-order valence-electron chi connectivity index (χ4n) is 1.74. The summed E-state index contributed by atoms with van der Waals surface area (Å²) in [5.74, 6) is -0.197. The molecule has 1 aromatic carbocycles. The molecule has 0 fully saturated rings. The SMILES string of the molecule is CNCCC(O)C(O)c1cc(C=O)c(O)c(OC)c1. The van der Waals surface area contributed by atoms with E-state index in [1.165, 1.54) is 19.2 Å². The van der Waals surface area contributed by atoms with Crippen molar-refractivity contribution in [2.45, 2.75) is 18.6 Å². The number of methoxy groups -OCH3 is 1. The van der Waals surface area contributed by atoms with Crippen molar-refractivity contribution >= 4 is 6.29 Å². The summed E-state index contributed by atoms with van der Waals surface area (Å²) in [5, 5.41) is 32.4. The van der Waals surface area contributed by atoms with Crippen LogP contribution in [0.2, 0.25) is 0 Å². The maximum absolute atomic E-state index is 10.8. The normalized spacial score (nSPS) is 13.9. The predicted octanol–water partition coefficient (Wildman–Crippen LogP) is 0.217. The van der Waals surface area contributed by atoms with E-state index in [1.807, 2.05) is 0 Å². The monoisotopic (exact) mass is 269 g/mol. The Labute approximate surface area is 111 Å². The number of benzene rings is 1. The molecule has 106 valence electrons. The molecular weight excluding hydrogens is 250 g/mol. The molecule has 2 unspecified atom stereocenters. The first kappa shape index (κ1) is 15.4. The van der Waals surface area contributed by atoms with Crippen LogP contribution in [0.3, 0.4) is 0 Å². The van der Waals surface area contributed by atoms with E-state index in [0.717, 1.165) is 0 Å². The Morgan fingerprint density at radius 1 is 1.42 bits per heavy atom. The third-order valence-electron chi connectivity index (χ3n) is 2.87. The van der Waals surface area contributed by atoms with Gasteiger partial charge in [0.1, 0.15) is 6.10 Å².